The third-order valence-corrected chi connectivity index (χ3v) is 1.60. The molecular formula is C11H24La-2. The van der Waals surface area contributed by atoms with Crippen LogP contribution in [0.25, 0.3) is 0 Å². The topological polar surface area (TPSA) is 0 Å². The summed E-state index contributed by atoms with van der Waals surface area (Å²) < 4.78 is 0. The Morgan fingerprint density at radius 1 is 1.25 bits per heavy atom. The first-order valence-corrected chi connectivity index (χ1v) is 4.57. The molecule has 0 saturated heterocycles. The first-order valence-electron chi connectivity index (χ1n) is 4.57. The summed E-state index contributed by atoms with van der Waals surface area (Å²) in [5, 5.41) is 0. The summed E-state index contributed by atoms with van der Waals surface area (Å²) in [4.78, 5) is 0. The van der Waals surface area contributed by atoms with E-state index < -0.39 is 0 Å². The van der Waals surface area contributed by atoms with Crippen LogP contribution in [0.5, 0.6) is 0 Å². The molecule has 0 fully saturated rings. The summed E-state index contributed by atoms with van der Waals surface area (Å²) >= 11 is 0. The van der Waals surface area contributed by atoms with Gasteiger partial charge in [-0.3, -0.25) is 0 Å². The number of rotatable bonds is 3. The zero-order valence-corrected chi connectivity index (χ0v) is 13.1. The maximum Gasteiger partial charge on any atom is 0 e. The SMILES string of the molecule is C[CH-]C.[CH2-]CC(C)(C)CCC.[La]. The van der Waals surface area contributed by atoms with Gasteiger partial charge in [0.15, 0.2) is 0 Å². The molecule has 0 heterocycles. The van der Waals surface area contributed by atoms with E-state index in [1.807, 2.05) is 20.3 Å². The molecule has 0 spiro atoms. The molecule has 0 N–H and O–H groups in total. The molecule has 0 aliphatic heterocycles. The van der Waals surface area contributed by atoms with Crippen molar-refractivity contribution >= 4 is 0 Å². The number of hydrogen-bond acceptors (Lipinski definition) is 0. The van der Waals surface area contributed by atoms with Crippen molar-refractivity contribution in [3.63, 3.8) is 0 Å². The zero-order valence-electron chi connectivity index (χ0n) is 9.48. The van der Waals surface area contributed by atoms with Crippen LogP contribution >= 0.6 is 0 Å². The molecule has 0 unspecified atom stereocenters. The van der Waals surface area contributed by atoms with Gasteiger partial charge in [-0.1, -0.05) is 39.0 Å². The summed E-state index contributed by atoms with van der Waals surface area (Å²) in [6.07, 6.45) is 5.64. The average Bonchev–Trinajstić information content (AvgIpc) is 1.90. The quantitative estimate of drug-likeness (QED) is 0.682. The third-order valence-electron chi connectivity index (χ3n) is 1.60. The fourth-order valence-corrected chi connectivity index (χ4v) is 0.802. The van der Waals surface area contributed by atoms with E-state index in [2.05, 4.69) is 27.7 Å². The Morgan fingerprint density at radius 3 is 1.67 bits per heavy atom. The van der Waals surface area contributed by atoms with Gasteiger partial charge in [-0.2, -0.15) is 20.3 Å². The molecule has 73 valence electrons. The van der Waals surface area contributed by atoms with Gasteiger partial charge < -0.3 is 13.3 Å². The molecule has 0 rings (SSSR count). The normalized spacial score (nSPS) is 9.50. The second-order valence-corrected chi connectivity index (χ2v) is 3.74. The Balaban J connectivity index is -0.000000177. The molecule has 0 amide bonds. The fourth-order valence-electron chi connectivity index (χ4n) is 0.802. The largest absolute Gasteiger partial charge is 0.343 e. The van der Waals surface area contributed by atoms with Crippen LogP contribution in [0.3, 0.4) is 0 Å². The van der Waals surface area contributed by atoms with E-state index in [0.717, 1.165) is 6.42 Å². The molecule has 0 aromatic rings. The summed E-state index contributed by atoms with van der Waals surface area (Å²) in [7, 11) is 0. The smallest absolute Gasteiger partial charge is 0 e. The molecule has 0 bridgehead atoms. The van der Waals surface area contributed by atoms with Crippen LogP contribution < -0.4 is 0 Å². The molecule has 0 aromatic heterocycles. The Bertz CT molecular complexity index is 67.4. The van der Waals surface area contributed by atoms with E-state index >= 15 is 0 Å². The molecule has 12 heavy (non-hydrogen) atoms. The van der Waals surface area contributed by atoms with Crippen LogP contribution in [0.2, 0.25) is 0 Å². The van der Waals surface area contributed by atoms with Gasteiger partial charge in [0.2, 0.25) is 0 Å². The van der Waals surface area contributed by atoms with Gasteiger partial charge in [0.25, 0.3) is 0 Å². The van der Waals surface area contributed by atoms with Crippen LogP contribution in [0.4, 0.5) is 0 Å². The van der Waals surface area contributed by atoms with E-state index in [4.69, 9.17) is 0 Å². The minimum absolute atomic E-state index is 0. The van der Waals surface area contributed by atoms with E-state index in [-0.39, 0.29) is 35.6 Å². The van der Waals surface area contributed by atoms with Crippen molar-refractivity contribution in [3.05, 3.63) is 13.3 Å². The summed E-state index contributed by atoms with van der Waals surface area (Å²) in [5.74, 6) is 0. The van der Waals surface area contributed by atoms with Crippen molar-refractivity contribution < 1.29 is 35.6 Å². The molecule has 0 aliphatic carbocycles. The molecule has 0 aliphatic rings. The second-order valence-electron chi connectivity index (χ2n) is 3.74. The predicted molar refractivity (Wildman–Crippen MR) is 54.3 cm³/mol. The zero-order chi connectivity index (χ0) is 9.33. The monoisotopic (exact) mass is 295 g/mol. The van der Waals surface area contributed by atoms with Crippen molar-refractivity contribution in [2.45, 2.75) is 53.9 Å². The van der Waals surface area contributed by atoms with Gasteiger partial charge in [-0.05, 0) is 0 Å². The van der Waals surface area contributed by atoms with Crippen molar-refractivity contribution in [2.24, 2.45) is 5.41 Å². The van der Waals surface area contributed by atoms with Gasteiger partial charge >= 0.3 is 0 Å². The molecule has 0 saturated carbocycles. The van der Waals surface area contributed by atoms with Crippen LogP contribution in [-0.2, 0) is 0 Å². The van der Waals surface area contributed by atoms with E-state index in [1.165, 1.54) is 12.8 Å². The standard InChI is InChI=1S/C8H17.C3H7.La/c1-5-7-8(3,4)6-2;1-3-2;/h2,5-7H2,1,3-4H3;3H,1-2H3;/q2*-1;. The molecule has 0 atom stereocenters. The van der Waals surface area contributed by atoms with Gasteiger partial charge in [0, 0.05) is 35.6 Å². The van der Waals surface area contributed by atoms with Crippen LogP contribution in [0.15, 0.2) is 0 Å². The molecule has 1 radical (unpaired) electrons. The summed E-state index contributed by atoms with van der Waals surface area (Å²) in [5.41, 5.74) is 0.481. The van der Waals surface area contributed by atoms with Crippen LogP contribution in [0.1, 0.15) is 53.9 Å². The fraction of sp³-hybridized carbons (Fsp3) is 0.818. The summed E-state index contributed by atoms with van der Waals surface area (Å²) in [6, 6.07) is 0. The molecular weight excluding hydrogens is 271 g/mol. The maximum atomic E-state index is 3.88. The van der Waals surface area contributed by atoms with Gasteiger partial charge in [-0.15, -0.1) is 0 Å². The van der Waals surface area contributed by atoms with Gasteiger partial charge in [0.1, 0.15) is 0 Å². The molecule has 0 nitrogen and oxygen atoms in total. The Kier molecular flexibility index (Phi) is 19.2. The van der Waals surface area contributed by atoms with Crippen molar-refractivity contribution in [1.29, 1.82) is 0 Å². The third kappa shape index (κ3) is 17.3. The van der Waals surface area contributed by atoms with Crippen molar-refractivity contribution in [2.75, 3.05) is 0 Å². The van der Waals surface area contributed by atoms with Gasteiger partial charge in [0.05, 0.1) is 0 Å². The van der Waals surface area contributed by atoms with Crippen LogP contribution in [0, 0.1) is 54.4 Å². The second kappa shape index (κ2) is 12.2. The molecule has 1 heteroatoms. The van der Waals surface area contributed by atoms with E-state index in [1.54, 1.807) is 0 Å². The first-order chi connectivity index (χ1) is 5.04. The Labute approximate surface area is 107 Å². The minimum atomic E-state index is 0. The summed E-state index contributed by atoms with van der Waals surface area (Å²) in [6.45, 7) is 14.6. The average molecular weight is 295 g/mol. The minimum Gasteiger partial charge on any atom is -0.343 e. The first kappa shape index (κ1) is 18.9. The van der Waals surface area contributed by atoms with Crippen LogP contribution in [-0.4, -0.2) is 0 Å². The number of hydrogen-bond donors (Lipinski definition) is 0. The maximum absolute atomic E-state index is 3.88. The Morgan fingerprint density at radius 2 is 1.58 bits per heavy atom. The predicted octanol–water partition coefficient (Wildman–Crippen LogP) is 4.27. The van der Waals surface area contributed by atoms with E-state index in [0.29, 0.717) is 5.41 Å². The Hall–Kier alpha value is 1.19. The van der Waals surface area contributed by atoms with Crippen molar-refractivity contribution in [1.82, 2.24) is 0 Å². The van der Waals surface area contributed by atoms with Crippen molar-refractivity contribution in [3.8, 4) is 0 Å². The van der Waals surface area contributed by atoms with E-state index in [9.17, 15) is 0 Å². The molecule has 0 aromatic carbocycles. The van der Waals surface area contributed by atoms with Gasteiger partial charge in [-0.25, -0.2) is 0 Å².